The van der Waals surface area contributed by atoms with Gasteiger partial charge >= 0.3 is 0 Å². The van der Waals surface area contributed by atoms with Crippen molar-refractivity contribution in [1.82, 2.24) is 0 Å². The maximum atomic E-state index is 2.62. The van der Waals surface area contributed by atoms with Crippen molar-refractivity contribution >= 4 is 56.7 Å². The predicted octanol–water partition coefficient (Wildman–Crippen LogP) is 21.5. The van der Waals surface area contributed by atoms with Crippen LogP contribution in [0.2, 0.25) is 0 Å². The maximum Gasteiger partial charge on any atom is 0.0462 e. The SMILES string of the molecule is c1cc(-c2ccc(N(c3ccc(-c4ccc(P(C5CCCCC5)C5CCCCC5)cc4)cc3)c3ccc(-c4ccc(P(C5CCCCC5)C5CCCCC5)cc4)cc3)cc2)cc(P(C2CCCCC2)C2CCCCC2)c1. The number of anilines is 3. The molecule has 6 aromatic rings. The van der Waals surface area contributed by atoms with Gasteiger partial charge < -0.3 is 4.90 Å². The lowest BCUT2D eigenvalue weighted by molar-refractivity contribution is 0.487. The molecule has 0 radical (unpaired) electrons. The first-order valence-corrected chi connectivity index (χ1v) is 35.9. The van der Waals surface area contributed by atoms with Crippen molar-refractivity contribution in [3.05, 3.63) is 146 Å². The second kappa shape index (κ2) is 26.1. The van der Waals surface area contributed by atoms with Crippen molar-refractivity contribution in [2.24, 2.45) is 0 Å². The Labute approximate surface area is 464 Å². The zero-order chi connectivity index (χ0) is 50.9. The van der Waals surface area contributed by atoms with Crippen molar-refractivity contribution in [2.45, 2.75) is 227 Å². The fourth-order valence-electron chi connectivity index (χ4n) is 15.7. The summed E-state index contributed by atoms with van der Waals surface area (Å²) >= 11 is 0. The van der Waals surface area contributed by atoms with Crippen LogP contribution in [0.1, 0.15) is 193 Å². The quantitative estimate of drug-likeness (QED) is 0.0927. The Hall–Kier alpha value is -3.59. The highest BCUT2D eigenvalue weighted by molar-refractivity contribution is 7.67. The number of hydrogen-bond acceptors (Lipinski definition) is 1. The topological polar surface area (TPSA) is 3.24 Å². The Balaban J connectivity index is 0.831. The van der Waals surface area contributed by atoms with Crippen molar-refractivity contribution in [3.8, 4) is 33.4 Å². The Morgan fingerprint density at radius 3 is 0.737 bits per heavy atom. The normalized spacial score (nSPS) is 20.4. The largest absolute Gasteiger partial charge is 0.311 e. The van der Waals surface area contributed by atoms with Gasteiger partial charge in [-0.3, -0.25) is 0 Å². The summed E-state index contributed by atoms with van der Waals surface area (Å²) in [5.41, 5.74) is 17.2. The Kier molecular flexibility index (Phi) is 18.2. The summed E-state index contributed by atoms with van der Waals surface area (Å²) in [4.78, 5) is 2.49. The zero-order valence-electron chi connectivity index (χ0n) is 46.3. The summed E-state index contributed by atoms with van der Waals surface area (Å²) in [7, 11) is -0.343. The molecule has 0 heterocycles. The maximum absolute atomic E-state index is 2.62. The molecule has 6 aliphatic rings. The lowest BCUT2D eigenvalue weighted by atomic mass is 9.99. The molecular weight excluding hydrogens is 972 g/mol. The van der Waals surface area contributed by atoms with Crippen LogP contribution in [0.15, 0.2) is 146 Å². The highest BCUT2D eigenvalue weighted by atomic mass is 31.1. The second-order valence-electron chi connectivity index (χ2n) is 24.6. The van der Waals surface area contributed by atoms with Gasteiger partial charge in [0.1, 0.15) is 0 Å². The molecule has 0 aliphatic heterocycles. The summed E-state index contributed by atoms with van der Waals surface area (Å²) in [6, 6.07) is 58.6. The minimum Gasteiger partial charge on any atom is -0.311 e. The van der Waals surface area contributed by atoms with Crippen LogP contribution >= 0.6 is 23.8 Å². The summed E-state index contributed by atoms with van der Waals surface area (Å²) in [6.45, 7) is 0. The van der Waals surface area contributed by atoms with Gasteiger partial charge in [0, 0.05) is 17.1 Å². The average molecular weight is 1060 g/mol. The van der Waals surface area contributed by atoms with Crippen LogP contribution < -0.4 is 20.8 Å². The molecule has 0 spiro atoms. The highest BCUT2D eigenvalue weighted by Crippen LogP contribution is 2.58. The van der Waals surface area contributed by atoms with Gasteiger partial charge in [-0.25, -0.2) is 0 Å². The van der Waals surface area contributed by atoms with Crippen LogP contribution in [0.3, 0.4) is 0 Å². The second-order valence-corrected chi connectivity index (χ2v) is 33.0. The Bertz CT molecular complexity index is 2510. The zero-order valence-corrected chi connectivity index (χ0v) is 49.0. The van der Waals surface area contributed by atoms with Gasteiger partial charge in [0.2, 0.25) is 0 Å². The van der Waals surface area contributed by atoms with E-state index in [1.165, 1.54) is 243 Å². The molecule has 6 aromatic carbocycles. The van der Waals surface area contributed by atoms with Crippen molar-refractivity contribution in [3.63, 3.8) is 0 Å². The summed E-state index contributed by atoms with van der Waals surface area (Å²) in [6.07, 6.45) is 43.3. The van der Waals surface area contributed by atoms with E-state index in [0.29, 0.717) is 0 Å². The summed E-state index contributed by atoms with van der Waals surface area (Å²) in [5.74, 6) is 0. The van der Waals surface area contributed by atoms with Gasteiger partial charge in [-0.15, -0.1) is 0 Å². The first kappa shape index (κ1) is 53.1. The minimum absolute atomic E-state index is 0.0997. The van der Waals surface area contributed by atoms with E-state index in [9.17, 15) is 0 Å². The molecule has 12 rings (SSSR count). The van der Waals surface area contributed by atoms with E-state index in [1.54, 1.807) is 15.9 Å². The van der Waals surface area contributed by atoms with E-state index < -0.39 is 0 Å². The molecule has 6 saturated carbocycles. The van der Waals surface area contributed by atoms with Gasteiger partial charge in [0.25, 0.3) is 0 Å². The molecule has 6 aliphatic carbocycles. The van der Waals surface area contributed by atoms with Crippen molar-refractivity contribution in [1.29, 1.82) is 0 Å². The molecule has 0 bridgehead atoms. The third-order valence-electron chi connectivity index (χ3n) is 19.7. The van der Waals surface area contributed by atoms with Gasteiger partial charge in [-0.1, -0.05) is 242 Å². The molecule has 0 atom stereocenters. The molecule has 0 amide bonds. The monoisotopic (exact) mass is 1060 g/mol. The van der Waals surface area contributed by atoms with Crippen LogP contribution in [0.5, 0.6) is 0 Å². The fourth-order valence-corrected chi connectivity index (χ4v) is 27.0. The number of nitrogens with zero attached hydrogens (tertiary/aromatic N) is 1. The molecule has 0 unspecified atom stereocenters. The molecule has 398 valence electrons. The smallest absolute Gasteiger partial charge is 0.0462 e. The van der Waals surface area contributed by atoms with E-state index in [2.05, 4.69) is 150 Å². The lowest BCUT2D eigenvalue weighted by Crippen LogP contribution is -2.26. The fraction of sp³-hybridized carbons (Fsp3) is 0.500. The number of rotatable bonds is 15. The first-order valence-electron chi connectivity index (χ1n) is 31.5. The van der Waals surface area contributed by atoms with Crippen molar-refractivity contribution in [2.75, 3.05) is 4.90 Å². The third kappa shape index (κ3) is 12.5. The molecule has 1 nitrogen and oxygen atoms in total. The van der Waals surface area contributed by atoms with Gasteiger partial charge in [-0.05, 0) is 203 Å². The minimum atomic E-state index is -0.144. The Morgan fingerprint density at radius 2 is 0.461 bits per heavy atom. The van der Waals surface area contributed by atoms with Crippen LogP contribution in [0, 0.1) is 0 Å². The molecule has 0 N–H and O–H groups in total. The van der Waals surface area contributed by atoms with E-state index in [4.69, 9.17) is 0 Å². The number of hydrogen-bond donors (Lipinski definition) is 0. The number of benzene rings is 6. The van der Waals surface area contributed by atoms with Crippen LogP contribution in [0.25, 0.3) is 33.4 Å². The highest BCUT2D eigenvalue weighted by Gasteiger charge is 2.35. The predicted molar refractivity (Wildman–Crippen MR) is 338 cm³/mol. The van der Waals surface area contributed by atoms with Crippen LogP contribution in [-0.2, 0) is 0 Å². The van der Waals surface area contributed by atoms with Crippen LogP contribution in [0.4, 0.5) is 17.1 Å². The van der Waals surface area contributed by atoms with Gasteiger partial charge in [0.05, 0.1) is 0 Å². The molecule has 76 heavy (non-hydrogen) atoms. The van der Waals surface area contributed by atoms with Gasteiger partial charge in [0.15, 0.2) is 0 Å². The molecular formula is C72H90NP3. The molecule has 0 aromatic heterocycles. The molecule has 4 heteroatoms. The van der Waals surface area contributed by atoms with E-state index >= 15 is 0 Å². The molecule has 0 saturated heterocycles. The summed E-state index contributed by atoms with van der Waals surface area (Å²) < 4.78 is 0. The lowest BCUT2D eigenvalue weighted by Gasteiger charge is -2.39. The summed E-state index contributed by atoms with van der Waals surface area (Å²) in [5, 5.41) is 5.02. The van der Waals surface area contributed by atoms with E-state index in [1.807, 2.05) is 0 Å². The standard InChI is InChI=1S/C72H90NP3/c1-7-21-64(22-8-1)74(65-23-9-2-10-24-65)70-50-40-57(41-51-70)55-34-44-61(45-35-55)73(62-46-36-56(37-47-62)58-42-52-71(53-43-58)75(66-25-11-3-12-26-66)67-27-13-4-14-28-67)63-48-38-59(39-49-63)60-20-19-33-72(54-60)76(68-29-15-5-16-30-68)69-31-17-6-18-32-69/h19-20,33-54,64-69H,1-18,21-32H2. The Morgan fingerprint density at radius 1 is 0.224 bits per heavy atom. The first-order chi connectivity index (χ1) is 37.7. The van der Waals surface area contributed by atoms with Crippen LogP contribution in [-0.4, -0.2) is 34.0 Å². The third-order valence-corrected chi connectivity index (χ3v) is 30.1. The van der Waals surface area contributed by atoms with E-state index in [0.717, 1.165) is 34.0 Å². The average Bonchev–Trinajstić information content (AvgIpc) is 3.51. The van der Waals surface area contributed by atoms with Gasteiger partial charge in [-0.2, -0.15) is 0 Å². The molecule has 6 fully saturated rings. The van der Waals surface area contributed by atoms with Crippen molar-refractivity contribution < 1.29 is 0 Å². The van der Waals surface area contributed by atoms with E-state index in [-0.39, 0.29) is 23.8 Å².